The standard InChI is InChI=1S/C23H25FN4O2S/c1-23(2,21(29)30)13-12-20-27-14-19(31-20)15-8-10-16(11-9-15)28(22(25)26-3)18-7-5-4-6-17(18)24/h4-11,14H,12-13H2,1-3H3,(H2,25,26)(H,29,30). The van der Waals surface area contributed by atoms with Crippen molar-refractivity contribution < 1.29 is 14.3 Å². The maximum absolute atomic E-state index is 14.4. The maximum atomic E-state index is 14.4. The summed E-state index contributed by atoms with van der Waals surface area (Å²) >= 11 is 1.54. The molecule has 0 fully saturated rings. The van der Waals surface area contributed by atoms with Crippen molar-refractivity contribution in [3.05, 3.63) is 65.6 Å². The molecule has 0 unspecified atom stereocenters. The van der Waals surface area contributed by atoms with Crippen LogP contribution in [-0.4, -0.2) is 29.1 Å². The van der Waals surface area contributed by atoms with E-state index in [0.29, 0.717) is 24.2 Å². The Morgan fingerprint density at radius 3 is 2.52 bits per heavy atom. The van der Waals surface area contributed by atoms with Crippen LogP contribution >= 0.6 is 11.3 Å². The van der Waals surface area contributed by atoms with Crippen molar-refractivity contribution in [3.63, 3.8) is 0 Å². The van der Waals surface area contributed by atoms with Crippen LogP contribution in [0.1, 0.15) is 25.3 Å². The first-order chi connectivity index (χ1) is 14.7. The van der Waals surface area contributed by atoms with Crippen molar-refractivity contribution in [1.29, 1.82) is 0 Å². The molecule has 3 rings (SSSR count). The van der Waals surface area contributed by atoms with Gasteiger partial charge < -0.3 is 10.8 Å². The molecule has 31 heavy (non-hydrogen) atoms. The van der Waals surface area contributed by atoms with Crippen molar-refractivity contribution in [3.8, 4) is 10.4 Å². The van der Waals surface area contributed by atoms with E-state index >= 15 is 0 Å². The van der Waals surface area contributed by atoms with E-state index in [4.69, 9.17) is 5.73 Å². The number of carbonyl (C=O) groups is 1. The molecule has 8 heteroatoms. The fraction of sp³-hybridized carbons (Fsp3) is 0.261. The number of guanidine groups is 1. The van der Waals surface area contributed by atoms with Gasteiger partial charge in [0, 0.05) is 25.4 Å². The third kappa shape index (κ3) is 5.08. The highest BCUT2D eigenvalue weighted by molar-refractivity contribution is 7.15. The SMILES string of the molecule is CN=C(N)N(c1ccc(-c2cnc(CCC(C)(C)C(=O)O)s2)cc1)c1ccccc1F. The molecule has 0 spiro atoms. The normalized spacial score (nSPS) is 12.1. The molecular weight excluding hydrogens is 415 g/mol. The van der Waals surface area contributed by atoms with Crippen molar-refractivity contribution in [2.24, 2.45) is 16.1 Å². The summed E-state index contributed by atoms with van der Waals surface area (Å²) in [7, 11) is 1.56. The first-order valence-electron chi connectivity index (χ1n) is 9.78. The number of aliphatic carboxylic acids is 1. The topological polar surface area (TPSA) is 91.8 Å². The number of benzene rings is 2. The first-order valence-corrected chi connectivity index (χ1v) is 10.6. The fourth-order valence-electron chi connectivity index (χ4n) is 2.99. The van der Waals surface area contributed by atoms with Crippen LogP contribution in [0.15, 0.2) is 59.7 Å². The van der Waals surface area contributed by atoms with Gasteiger partial charge >= 0.3 is 5.97 Å². The van der Waals surface area contributed by atoms with Gasteiger partial charge in [-0.15, -0.1) is 11.3 Å². The van der Waals surface area contributed by atoms with Crippen molar-refractivity contribution >= 4 is 34.6 Å². The molecule has 162 valence electrons. The number of para-hydroxylation sites is 1. The number of aromatic nitrogens is 1. The number of aliphatic imine (C=N–C) groups is 1. The van der Waals surface area contributed by atoms with Gasteiger partial charge in [0.05, 0.1) is 21.0 Å². The second-order valence-corrected chi connectivity index (χ2v) is 8.84. The van der Waals surface area contributed by atoms with Gasteiger partial charge in [-0.25, -0.2) is 9.37 Å². The zero-order valence-electron chi connectivity index (χ0n) is 17.7. The van der Waals surface area contributed by atoms with E-state index in [1.807, 2.05) is 24.3 Å². The Hall–Kier alpha value is -3.26. The maximum Gasteiger partial charge on any atom is 0.309 e. The Morgan fingerprint density at radius 2 is 1.90 bits per heavy atom. The van der Waals surface area contributed by atoms with Crippen LogP contribution in [0.3, 0.4) is 0 Å². The number of anilines is 2. The monoisotopic (exact) mass is 440 g/mol. The molecule has 0 radical (unpaired) electrons. The van der Waals surface area contributed by atoms with Gasteiger partial charge in [-0.05, 0) is 50.1 Å². The lowest BCUT2D eigenvalue weighted by Gasteiger charge is -2.24. The molecule has 0 amide bonds. The Bertz CT molecular complexity index is 1090. The summed E-state index contributed by atoms with van der Waals surface area (Å²) in [5.41, 5.74) is 7.23. The van der Waals surface area contributed by atoms with Gasteiger partial charge in [0.15, 0.2) is 5.96 Å². The van der Waals surface area contributed by atoms with Crippen LogP contribution in [0, 0.1) is 11.2 Å². The van der Waals surface area contributed by atoms with E-state index in [1.54, 1.807) is 50.2 Å². The van der Waals surface area contributed by atoms with Gasteiger partial charge in [0.2, 0.25) is 0 Å². The van der Waals surface area contributed by atoms with E-state index in [1.165, 1.54) is 17.4 Å². The number of rotatable bonds is 7. The number of aryl methyl sites for hydroxylation is 1. The Labute approximate surface area is 184 Å². The highest BCUT2D eigenvalue weighted by Gasteiger charge is 2.27. The molecule has 2 aromatic carbocycles. The quantitative estimate of drug-likeness (QED) is 0.395. The summed E-state index contributed by atoms with van der Waals surface area (Å²) in [4.78, 5) is 22.3. The van der Waals surface area contributed by atoms with Gasteiger partial charge in [-0.3, -0.25) is 14.7 Å². The zero-order chi connectivity index (χ0) is 22.6. The van der Waals surface area contributed by atoms with Gasteiger partial charge in [0.25, 0.3) is 0 Å². The van der Waals surface area contributed by atoms with E-state index in [9.17, 15) is 14.3 Å². The van der Waals surface area contributed by atoms with Gasteiger partial charge in [0.1, 0.15) is 5.82 Å². The number of thiazole rings is 1. The third-order valence-corrected chi connectivity index (χ3v) is 6.16. The highest BCUT2D eigenvalue weighted by Crippen LogP contribution is 2.33. The van der Waals surface area contributed by atoms with Crippen LogP contribution in [0.4, 0.5) is 15.8 Å². The average molecular weight is 441 g/mol. The third-order valence-electron chi connectivity index (χ3n) is 5.06. The molecule has 0 atom stereocenters. The van der Waals surface area contributed by atoms with E-state index in [-0.39, 0.29) is 5.96 Å². The molecule has 0 aliphatic rings. The molecular formula is C23H25FN4O2S. The molecule has 0 bridgehead atoms. The summed E-state index contributed by atoms with van der Waals surface area (Å²) in [6, 6.07) is 13.9. The summed E-state index contributed by atoms with van der Waals surface area (Å²) in [5, 5.41) is 10.2. The Morgan fingerprint density at radius 1 is 1.23 bits per heavy atom. The van der Waals surface area contributed by atoms with Crippen LogP contribution in [0.25, 0.3) is 10.4 Å². The van der Waals surface area contributed by atoms with E-state index < -0.39 is 17.2 Å². The van der Waals surface area contributed by atoms with Crippen LogP contribution < -0.4 is 10.6 Å². The minimum absolute atomic E-state index is 0.180. The van der Waals surface area contributed by atoms with Crippen LogP contribution in [0.5, 0.6) is 0 Å². The molecule has 0 saturated heterocycles. The lowest BCUT2D eigenvalue weighted by molar-refractivity contribution is -0.147. The number of nitrogens with two attached hydrogens (primary N) is 1. The highest BCUT2D eigenvalue weighted by atomic mass is 32.1. The minimum Gasteiger partial charge on any atom is -0.481 e. The first kappa shape index (κ1) is 22.4. The number of hydrogen-bond donors (Lipinski definition) is 2. The molecule has 0 aliphatic heterocycles. The summed E-state index contributed by atoms with van der Waals surface area (Å²) in [5.74, 6) is -1.03. The molecule has 6 nitrogen and oxygen atoms in total. The molecule has 0 aliphatic carbocycles. The summed E-state index contributed by atoms with van der Waals surface area (Å²) in [6.07, 6.45) is 2.91. The predicted octanol–water partition coefficient (Wildman–Crippen LogP) is 5.08. The molecule has 1 aromatic heterocycles. The summed E-state index contributed by atoms with van der Waals surface area (Å²) < 4.78 is 14.4. The van der Waals surface area contributed by atoms with E-state index in [2.05, 4.69) is 9.98 Å². The van der Waals surface area contributed by atoms with Gasteiger partial charge in [-0.1, -0.05) is 24.3 Å². The van der Waals surface area contributed by atoms with Gasteiger partial charge in [-0.2, -0.15) is 0 Å². The Kier molecular flexibility index (Phi) is 6.70. The van der Waals surface area contributed by atoms with E-state index in [0.717, 1.165) is 15.4 Å². The number of halogens is 1. The second-order valence-electron chi connectivity index (χ2n) is 7.72. The van der Waals surface area contributed by atoms with Crippen molar-refractivity contribution in [2.45, 2.75) is 26.7 Å². The number of nitrogens with zero attached hydrogens (tertiary/aromatic N) is 3. The van der Waals surface area contributed by atoms with Crippen LogP contribution in [0.2, 0.25) is 0 Å². The second kappa shape index (κ2) is 9.26. The fourth-order valence-corrected chi connectivity index (χ4v) is 3.91. The summed E-state index contributed by atoms with van der Waals surface area (Å²) in [6.45, 7) is 3.43. The smallest absolute Gasteiger partial charge is 0.309 e. The molecule has 3 N–H and O–H groups in total. The average Bonchev–Trinajstić information content (AvgIpc) is 3.23. The largest absolute Gasteiger partial charge is 0.481 e. The van der Waals surface area contributed by atoms with Crippen molar-refractivity contribution in [2.75, 3.05) is 11.9 Å². The number of carboxylic acid groups (broad SMARTS) is 1. The number of hydrogen-bond acceptors (Lipinski definition) is 4. The molecule has 0 saturated carbocycles. The zero-order valence-corrected chi connectivity index (χ0v) is 18.5. The Balaban J connectivity index is 1.82. The molecule has 1 heterocycles. The van der Waals surface area contributed by atoms with Crippen LogP contribution in [-0.2, 0) is 11.2 Å². The lowest BCUT2D eigenvalue weighted by Crippen LogP contribution is -2.33. The predicted molar refractivity (Wildman–Crippen MR) is 123 cm³/mol. The van der Waals surface area contributed by atoms with Crippen molar-refractivity contribution in [1.82, 2.24) is 4.98 Å². The molecule has 3 aromatic rings. The lowest BCUT2D eigenvalue weighted by atomic mass is 9.88. The number of carboxylic acids is 1. The minimum atomic E-state index is -0.811.